The van der Waals surface area contributed by atoms with Gasteiger partial charge in [-0.1, -0.05) is 71.2 Å². The molecule has 0 heterocycles. The van der Waals surface area contributed by atoms with Crippen LogP contribution in [0.3, 0.4) is 0 Å². The summed E-state index contributed by atoms with van der Waals surface area (Å²) >= 11 is 12.5. The summed E-state index contributed by atoms with van der Waals surface area (Å²) in [6.07, 6.45) is 0. The summed E-state index contributed by atoms with van der Waals surface area (Å²) in [5, 5.41) is 3.15. The summed E-state index contributed by atoms with van der Waals surface area (Å²) in [5.74, 6) is -0.465. The predicted octanol–water partition coefficient (Wildman–Crippen LogP) is 5.68. The van der Waals surface area contributed by atoms with Gasteiger partial charge in [-0.05, 0) is 56.2 Å². The van der Waals surface area contributed by atoms with E-state index in [1.54, 1.807) is 30.3 Å². The van der Waals surface area contributed by atoms with Crippen molar-refractivity contribution in [3.63, 3.8) is 0 Å². The molecule has 32 heavy (non-hydrogen) atoms. The smallest absolute Gasteiger partial charge is 0.264 e. The van der Waals surface area contributed by atoms with Crippen LogP contribution in [0, 0.1) is 13.8 Å². The van der Waals surface area contributed by atoms with E-state index in [0.29, 0.717) is 0 Å². The number of anilines is 1. The molecule has 0 aliphatic heterocycles. The van der Waals surface area contributed by atoms with Gasteiger partial charge in [-0.2, -0.15) is 0 Å². The number of nitrogens with one attached hydrogen (secondary N) is 1. The fraction of sp³-hybridized carbons (Fsp3) is 0.208. The summed E-state index contributed by atoms with van der Waals surface area (Å²) < 4.78 is 27.8. The van der Waals surface area contributed by atoms with Crippen LogP contribution in [0.1, 0.15) is 29.7 Å². The molecule has 8 heteroatoms. The second kappa shape index (κ2) is 9.94. The lowest BCUT2D eigenvalue weighted by Gasteiger charge is -2.26. The van der Waals surface area contributed by atoms with E-state index in [9.17, 15) is 13.2 Å². The highest BCUT2D eigenvalue weighted by molar-refractivity contribution is 7.92. The minimum atomic E-state index is -4.07. The molecule has 0 saturated carbocycles. The Balaban J connectivity index is 1.94. The summed E-state index contributed by atoms with van der Waals surface area (Å²) in [6.45, 7) is 5.38. The van der Waals surface area contributed by atoms with Gasteiger partial charge < -0.3 is 5.32 Å². The van der Waals surface area contributed by atoms with E-state index in [1.165, 1.54) is 18.2 Å². The Bertz CT molecular complexity index is 1230. The highest BCUT2D eigenvalue weighted by atomic mass is 35.5. The van der Waals surface area contributed by atoms with Gasteiger partial charge in [0.05, 0.1) is 26.7 Å². The molecule has 0 unspecified atom stereocenters. The number of halogens is 2. The number of amides is 1. The molecule has 0 fully saturated rings. The maximum absolute atomic E-state index is 13.4. The minimum Gasteiger partial charge on any atom is -0.348 e. The first kappa shape index (κ1) is 24.1. The minimum absolute atomic E-state index is 0.0475. The molecule has 0 spiro atoms. The van der Waals surface area contributed by atoms with Crippen molar-refractivity contribution in [1.29, 1.82) is 0 Å². The van der Waals surface area contributed by atoms with Gasteiger partial charge in [0, 0.05) is 0 Å². The molecule has 1 amide bonds. The number of carbonyl (C=O) groups excluding carboxylic acids is 1. The fourth-order valence-electron chi connectivity index (χ4n) is 3.51. The van der Waals surface area contributed by atoms with Crippen molar-refractivity contribution in [2.75, 3.05) is 10.8 Å². The molecular formula is C24H24Cl2N2O3S. The molecule has 1 atom stereocenters. The second-order valence-corrected chi connectivity index (χ2v) is 10.2. The first-order valence-electron chi connectivity index (χ1n) is 9.99. The Labute approximate surface area is 199 Å². The molecule has 0 aliphatic rings. The Morgan fingerprint density at radius 1 is 1.00 bits per heavy atom. The summed E-state index contributed by atoms with van der Waals surface area (Å²) in [4.78, 5) is 13.0. The van der Waals surface area contributed by atoms with Gasteiger partial charge >= 0.3 is 0 Å². The van der Waals surface area contributed by atoms with E-state index in [0.717, 1.165) is 21.0 Å². The van der Waals surface area contributed by atoms with E-state index >= 15 is 0 Å². The van der Waals surface area contributed by atoms with Crippen molar-refractivity contribution >= 4 is 44.8 Å². The zero-order valence-corrected chi connectivity index (χ0v) is 20.3. The third-order valence-electron chi connectivity index (χ3n) is 5.09. The molecule has 3 aromatic rings. The van der Waals surface area contributed by atoms with Crippen molar-refractivity contribution in [1.82, 2.24) is 5.32 Å². The molecule has 0 radical (unpaired) electrons. The average Bonchev–Trinajstić information content (AvgIpc) is 2.74. The van der Waals surface area contributed by atoms with Crippen molar-refractivity contribution in [2.45, 2.75) is 31.7 Å². The molecule has 0 saturated heterocycles. The number of aryl methyl sites for hydroxylation is 2. The first-order valence-corrected chi connectivity index (χ1v) is 12.2. The van der Waals surface area contributed by atoms with Crippen LogP contribution in [-0.2, 0) is 14.8 Å². The molecule has 1 N–H and O–H groups in total. The van der Waals surface area contributed by atoms with Crippen molar-refractivity contribution in [2.24, 2.45) is 0 Å². The maximum Gasteiger partial charge on any atom is 0.264 e. The summed E-state index contributed by atoms with van der Waals surface area (Å²) in [7, 11) is -4.07. The van der Waals surface area contributed by atoms with Crippen LogP contribution in [0.2, 0.25) is 10.0 Å². The molecule has 0 aliphatic carbocycles. The van der Waals surface area contributed by atoms with Gasteiger partial charge in [0.15, 0.2) is 0 Å². The number of nitrogens with zero attached hydrogens (tertiary/aromatic N) is 1. The number of hydrogen-bond acceptors (Lipinski definition) is 3. The number of sulfonamides is 1. The van der Waals surface area contributed by atoms with E-state index in [-0.39, 0.29) is 26.7 Å². The van der Waals surface area contributed by atoms with Crippen molar-refractivity contribution in [3.05, 3.63) is 93.5 Å². The SMILES string of the molecule is Cc1ccc([C@@H](C)NC(=O)CN(c2cccc(Cl)c2Cl)S(=O)(=O)c2ccccc2)c(C)c1. The largest absolute Gasteiger partial charge is 0.348 e. The third kappa shape index (κ3) is 5.26. The van der Waals surface area contributed by atoms with Crippen LogP contribution in [-0.4, -0.2) is 20.9 Å². The van der Waals surface area contributed by atoms with Crippen LogP contribution in [0.25, 0.3) is 0 Å². The zero-order valence-electron chi connectivity index (χ0n) is 18.0. The van der Waals surface area contributed by atoms with Gasteiger partial charge in [0.25, 0.3) is 10.0 Å². The Morgan fingerprint density at radius 2 is 1.69 bits per heavy atom. The Kier molecular flexibility index (Phi) is 7.49. The summed E-state index contributed by atoms with van der Waals surface area (Å²) in [5.41, 5.74) is 3.27. The lowest BCUT2D eigenvalue weighted by molar-refractivity contribution is -0.120. The molecule has 168 valence electrons. The molecular weight excluding hydrogens is 467 g/mol. The molecule has 0 aromatic heterocycles. The van der Waals surface area contributed by atoms with Crippen LogP contribution < -0.4 is 9.62 Å². The van der Waals surface area contributed by atoms with Gasteiger partial charge in [0.1, 0.15) is 6.54 Å². The summed E-state index contributed by atoms with van der Waals surface area (Å²) in [6, 6.07) is 18.2. The van der Waals surface area contributed by atoms with E-state index < -0.39 is 22.5 Å². The van der Waals surface area contributed by atoms with Gasteiger partial charge in [-0.3, -0.25) is 9.10 Å². The van der Waals surface area contributed by atoms with Gasteiger partial charge in [-0.15, -0.1) is 0 Å². The molecule has 3 rings (SSSR count). The quantitative estimate of drug-likeness (QED) is 0.462. The van der Waals surface area contributed by atoms with Gasteiger partial charge in [-0.25, -0.2) is 8.42 Å². The van der Waals surface area contributed by atoms with Crippen molar-refractivity contribution in [3.8, 4) is 0 Å². The monoisotopic (exact) mass is 490 g/mol. The number of rotatable bonds is 7. The third-order valence-corrected chi connectivity index (χ3v) is 7.67. The Hall–Kier alpha value is -2.54. The van der Waals surface area contributed by atoms with E-state index in [2.05, 4.69) is 5.32 Å². The van der Waals surface area contributed by atoms with Crippen LogP contribution in [0.15, 0.2) is 71.6 Å². The highest BCUT2D eigenvalue weighted by Gasteiger charge is 2.29. The zero-order chi connectivity index (χ0) is 23.5. The molecule has 5 nitrogen and oxygen atoms in total. The van der Waals surface area contributed by atoms with Gasteiger partial charge in [0.2, 0.25) is 5.91 Å². The van der Waals surface area contributed by atoms with Crippen molar-refractivity contribution < 1.29 is 13.2 Å². The van der Waals surface area contributed by atoms with Crippen LogP contribution in [0.5, 0.6) is 0 Å². The molecule has 0 bridgehead atoms. The predicted molar refractivity (Wildman–Crippen MR) is 130 cm³/mol. The Morgan fingerprint density at radius 3 is 2.34 bits per heavy atom. The lowest BCUT2D eigenvalue weighted by Crippen LogP contribution is -2.41. The van der Waals surface area contributed by atoms with Crippen LogP contribution >= 0.6 is 23.2 Å². The van der Waals surface area contributed by atoms with E-state index in [4.69, 9.17) is 23.2 Å². The average molecular weight is 491 g/mol. The maximum atomic E-state index is 13.4. The lowest BCUT2D eigenvalue weighted by atomic mass is 10.0. The first-order chi connectivity index (χ1) is 15.1. The van der Waals surface area contributed by atoms with Crippen LogP contribution in [0.4, 0.5) is 5.69 Å². The highest BCUT2D eigenvalue weighted by Crippen LogP contribution is 2.35. The number of carbonyl (C=O) groups is 1. The normalized spacial score (nSPS) is 12.3. The second-order valence-electron chi connectivity index (χ2n) is 7.55. The number of benzene rings is 3. The fourth-order valence-corrected chi connectivity index (χ4v) is 5.41. The number of hydrogen-bond donors (Lipinski definition) is 1. The topological polar surface area (TPSA) is 66.5 Å². The van der Waals surface area contributed by atoms with E-state index in [1.807, 2.05) is 39.0 Å². The molecule has 3 aromatic carbocycles. The standard InChI is InChI=1S/C24H24Cl2N2O3S/c1-16-12-13-20(17(2)14-16)18(3)27-23(29)15-28(22-11-7-10-21(25)24(22)26)32(30,31)19-8-5-4-6-9-19/h4-14,18H,15H2,1-3H3,(H,27,29)/t18-/m1/s1.